The Morgan fingerprint density at radius 3 is 2.50 bits per heavy atom. The number of nitrogens with one attached hydrogen (secondary N) is 1. The number of benzene rings is 2. The molecule has 0 atom stereocenters. The predicted molar refractivity (Wildman–Crippen MR) is 131 cm³/mol. The van der Waals surface area contributed by atoms with Crippen molar-refractivity contribution in [1.82, 2.24) is 19.5 Å². The molecule has 14 heteroatoms. The van der Waals surface area contributed by atoms with Crippen LogP contribution >= 0.6 is 11.6 Å². The number of H-pyrrole nitrogens is 1. The highest BCUT2D eigenvalue weighted by Crippen LogP contribution is 2.37. The quantitative estimate of drug-likeness (QED) is 0.303. The van der Waals surface area contributed by atoms with Gasteiger partial charge >= 0.3 is 11.7 Å². The number of methoxy groups -OCH3 is 2. The third-order valence-electron chi connectivity index (χ3n) is 5.41. The van der Waals surface area contributed by atoms with Crippen molar-refractivity contribution in [3.05, 3.63) is 62.8 Å². The van der Waals surface area contributed by atoms with Gasteiger partial charge in [0.05, 0.1) is 30.5 Å². The van der Waals surface area contributed by atoms with Crippen LogP contribution in [-0.2, 0) is 17.8 Å². The average Bonchev–Trinajstić information content (AvgIpc) is 3.23. The average molecular weight is 551 g/mol. The van der Waals surface area contributed by atoms with Crippen molar-refractivity contribution < 1.29 is 37.6 Å². The molecule has 2 aromatic carbocycles. The molecule has 0 aliphatic heterocycles. The van der Waals surface area contributed by atoms with Gasteiger partial charge in [-0.25, -0.2) is 27.9 Å². The molecule has 0 spiro atoms. The van der Waals surface area contributed by atoms with E-state index in [0.29, 0.717) is 12.2 Å². The van der Waals surface area contributed by atoms with Gasteiger partial charge in [0, 0.05) is 18.6 Å². The Balaban J connectivity index is 1.86. The second kappa shape index (κ2) is 10.9. The van der Waals surface area contributed by atoms with Gasteiger partial charge in [-0.3, -0.25) is 4.98 Å². The van der Waals surface area contributed by atoms with Crippen LogP contribution in [0, 0.1) is 11.6 Å². The van der Waals surface area contributed by atoms with E-state index < -0.39 is 36.5 Å². The number of carbonyl (C=O) groups is 1. The molecule has 38 heavy (non-hydrogen) atoms. The van der Waals surface area contributed by atoms with Crippen LogP contribution in [0.5, 0.6) is 23.1 Å². The number of halogens is 3. The van der Waals surface area contributed by atoms with Crippen LogP contribution < -0.4 is 24.6 Å². The molecule has 2 N–H and O–H groups in total. The Morgan fingerprint density at radius 1 is 1.11 bits per heavy atom. The standard InChI is InChI=1S/C24H21ClF2N4O7/c1-4-18-28-22-21(23(29-18)36-3)30-24(34)31(22)14-8-17(16(7-12(14)25)38-10-19(32)33)37-9-11-15(35-2)6-5-13(26)20(11)27/h5-8H,4,9-10H2,1-3H3,(H,30,34)(H,32,33). The molecule has 2 aromatic heterocycles. The van der Waals surface area contributed by atoms with Crippen LogP contribution in [0.15, 0.2) is 29.1 Å². The summed E-state index contributed by atoms with van der Waals surface area (Å²) in [7, 11) is 2.67. The van der Waals surface area contributed by atoms with Crippen LogP contribution in [0.3, 0.4) is 0 Å². The highest BCUT2D eigenvalue weighted by atomic mass is 35.5. The van der Waals surface area contributed by atoms with Gasteiger partial charge in [-0.15, -0.1) is 0 Å². The molecule has 2 heterocycles. The number of fused-ring (bicyclic) bond motifs is 1. The van der Waals surface area contributed by atoms with Crippen molar-refractivity contribution in [3.63, 3.8) is 0 Å². The number of carboxylic acids is 1. The van der Waals surface area contributed by atoms with Crippen molar-refractivity contribution in [1.29, 1.82) is 0 Å². The van der Waals surface area contributed by atoms with Crippen molar-refractivity contribution in [3.8, 4) is 28.8 Å². The third-order valence-corrected chi connectivity index (χ3v) is 5.71. The lowest BCUT2D eigenvalue weighted by Crippen LogP contribution is -2.16. The van der Waals surface area contributed by atoms with E-state index in [1.54, 1.807) is 0 Å². The van der Waals surface area contributed by atoms with Gasteiger partial charge in [0.25, 0.3) is 0 Å². The van der Waals surface area contributed by atoms with Gasteiger partial charge in [-0.05, 0) is 12.1 Å². The molecule has 200 valence electrons. The molecule has 0 unspecified atom stereocenters. The molecule has 4 rings (SSSR count). The first-order valence-corrected chi connectivity index (χ1v) is 11.4. The van der Waals surface area contributed by atoms with Crippen molar-refractivity contribution in [2.75, 3.05) is 20.8 Å². The van der Waals surface area contributed by atoms with E-state index >= 15 is 0 Å². The summed E-state index contributed by atoms with van der Waals surface area (Å²) in [4.78, 5) is 35.4. The number of aromatic nitrogens is 4. The predicted octanol–water partition coefficient (Wildman–Crippen LogP) is 3.66. The number of hydrogen-bond acceptors (Lipinski definition) is 8. The van der Waals surface area contributed by atoms with E-state index in [2.05, 4.69) is 15.0 Å². The Bertz CT molecular complexity index is 1590. The number of ether oxygens (including phenoxy) is 4. The minimum atomic E-state index is -1.28. The molecule has 11 nitrogen and oxygen atoms in total. The molecule has 0 amide bonds. The minimum absolute atomic E-state index is 0.0223. The molecule has 0 aliphatic rings. The first kappa shape index (κ1) is 26.7. The number of aliphatic carboxylic acids is 1. The second-order valence-corrected chi connectivity index (χ2v) is 8.14. The number of imidazole rings is 1. The second-order valence-electron chi connectivity index (χ2n) is 7.73. The van der Waals surface area contributed by atoms with E-state index in [1.807, 2.05) is 6.92 Å². The van der Waals surface area contributed by atoms with Gasteiger partial charge in [-0.2, -0.15) is 4.98 Å². The molecule has 4 aromatic rings. The van der Waals surface area contributed by atoms with Gasteiger partial charge in [0.1, 0.15) is 23.7 Å². The Labute approximate surface area is 218 Å². The van der Waals surface area contributed by atoms with Gasteiger partial charge in [0.15, 0.2) is 35.4 Å². The maximum atomic E-state index is 14.5. The molecule has 0 saturated heterocycles. The van der Waals surface area contributed by atoms with Gasteiger partial charge in [0.2, 0.25) is 5.88 Å². The first-order valence-electron chi connectivity index (χ1n) is 11.1. The fraction of sp³-hybridized carbons (Fsp3) is 0.250. The number of carboxylic acid groups (broad SMARTS) is 1. The summed E-state index contributed by atoms with van der Waals surface area (Å²) in [5, 5.41) is 9.03. The van der Waals surface area contributed by atoms with Crippen LogP contribution in [0.1, 0.15) is 18.3 Å². The number of rotatable bonds is 10. The largest absolute Gasteiger partial charge is 0.496 e. The van der Waals surface area contributed by atoms with Gasteiger partial charge in [-0.1, -0.05) is 18.5 Å². The molecule has 0 radical (unpaired) electrons. The van der Waals surface area contributed by atoms with Crippen LogP contribution in [0.4, 0.5) is 8.78 Å². The van der Waals surface area contributed by atoms with Crippen molar-refractivity contribution in [2.24, 2.45) is 0 Å². The van der Waals surface area contributed by atoms with E-state index in [1.165, 1.54) is 32.4 Å². The number of hydrogen-bond donors (Lipinski definition) is 2. The van der Waals surface area contributed by atoms with E-state index in [9.17, 15) is 18.4 Å². The number of nitrogens with zero attached hydrogens (tertiary/aromatic N) is 3. The zero-order valence-corrected chi connectivity index (χ0v) is 21.1. The summed E-state index contributed by atoms with van der Waals surface area (Å²) < 4.78 is 50.9. The molecular weight excluding hydrogens is 530 g/mol. The summed E-state index contributed by atoms with van der Waals surface area (Å²) in [5.74, 6) is -3.26. The highest BCUT2D eigenvalue weighted by Gasteiger charge is 2.22. The molecule has 0 bridgehead atoms. The maximum Gasteiger partial charge on any atom is 0.341 e. The molecule has 0 aliphatic carbocycles. The van der Waals surface area contributed by atoms with Crippen LogP contribution in [0.25, 0.3) is 16.9 Å². The summed E-state index contributed by atoms with van der Waals surface area (Å²) in [6.45, 7) is 0.542. The monoisotopic (exact) mass is 550 g/mol. The van der Waals surface area contributed by atoms with E-state index in [0.717, 1.165) is 10.6 Å². The fourth-order valence-corrected chi connectivity index (χ4v) is 3.88. The maximum absolute atomic E-state index is 14.5. The lowest BCUT2D eigenvalue weighted by molar-refractivity contribution is -0.139. The Morgan fingerprint density at radius 2 is 1.84 bits per heavy atom. The zero-order valence-electron chi connectivity index (χ0n) is 20.3. The summed E-state index contributed by atoms with van der Waals surface area (Å²) in [5.41, 5.74) is -0.419. The number of aryl methyl sites for hydroxylation is 1. The third kappa shape index (κ3) is 5.05. The lowest BCUT2D eigenvalue weighted by atomic mass is 10.2. The zero-order chi connectivity index (χ0) is 27.6. The smallest absolute Gasteiger partial charge is 0.341 e. The lowest BCUT2D eigenvalue weighted by Gasteiger charge is -2.17. The van der Waals surface area contributed by atoms with Crippen LogP contribution in [0.2, 0.25) is 5.02 Å². The topological polar surface area (TPSA) is 138 Å². The SMILES string of the molecule is CCc1nc(OC)c2[nH]c(=O)n(-c3cc(OCc4c(OC)ccc(F)c4F)c(OCC(=O)O)cc3Cl)c2n1. The fourth-order valence-electron chi connectivity index (χ4n) is 3.64. The molecule has 0 fully saturated rings. The van der Waals surface area contributed by atoms with Crippen molar-refractivity contribution in [2.45, 2.75) is 20.0 Å². The summed E-state index contributed by atoms with van der Waals surface area (Å²) in [6, 6.07) is 4.66. The summed E-state index contributed by atoms with van der Waals surface area (Å²) >= 11 is 6.48. The summed E-state index contributed by atoms with van der Waals surface area (Å²) in [6.07, 6.45) is 0.441. The van der Waals surface area contributed by atoms with Gasteiger partial charge < -0.3 is 24.1 Å². The van der Waals surface area contributed by atoms with E-state index in [4.69, 9.17) is 35.7 Å². The van der Waals surface area contributed by atoms with Crippen LogP contribution in [-0.4, -0.2) is 51.4 Å². The minimum Gasteiger partial charge on any atom is -0.496 e. The Hall–Kier alpha value is -4.39. The first-order chi connectivity index (χ1) is 18.2. The Kier molecular flexibility index (Phi) is 7.67. The normalized spacial score (nSPS) is 11.0. The van der Waals surface area contributed by atoms with Crippen molar-refractivity contribution >= 4 is 28.7 Å². The van der Waals surface area contributed by atoms with E-state index in [-0.39, 0.29) is 50.6 Å². The number of aromatic amines is 1. The molecular formula is C24H21ClF2N4O7. The highest BCUT2D eigenvalue weighted by molar-refractivity contribution is 6.32. The molecule has 0 saturated carbocycles.